The molecule has 4 nitrogen and oxygen atoms in total. The van der Waals surface area contributed by atoms with Crippen LogP contribution in [0.2, 0.25) is 0 Å². The quantitative estimate of drug-likeness (QED) is 0.794. The maximum Gasteiger partial charge on any atom is 0.272 e. The first-order chi connectivity index (χ1) is 9.29. The molecule has 3 aromatic heterocycles. The summed E-state index contributed by atoms with van der Waals surface area (Å²) >= 11 is 1.65. The van der Waals surface area contributed by atoms with Crippen molar-refractivity contribution in [3.63, 3.8) is 0 Å². The monoisotopic (exact) mass is 271 g/mol. The second-order valence-electron chi connectivity index (χ2n) is 4.14. The standard InChI is InChI=1S/C14H13N3OS/c1-2-17-11-5-7-19-13(11)8-12(17)14(18)16-10-4-3-6-15-9-10/h3-9H,2H2,1H3,(H,16,18). The number of nitrogens with zero attached hydrogens (tertiary/aromatic N) is 2. The zero-order chi connectivity index (χ0) is 13.2. The van der Waals surface area contributed by atoms with Gasteiger partial charge in [0.2, 0.25) is 0 Å². The zero-order valence-corrected chi connectivity index (χ0v) is 11.3. The number of aryl methyl sites for hydroxylation is 1. The van der Waals surface area contributed by atoms with Crippen LogP contribution in [-0.2, 0) is 6.54 Å². The fourth-order valence-corrected chi connectivity index (χ4v) is 2.96. The summed E-state index contributed by atoms with van der Waals surface area (Å²) in [7, 11) is 0. The summed E-state index contributed by atoms with van der Waals surface area (Å²) in [5, 5.41) is 4.91. The van der Waals surface area contributed by atoms with Gasteiger partial charge in [-0.15, -0.1) is 11.3 Å². The molecule has 0 radical (unpaired) electrons. The minimum absolute atomic E-state index is 0.0988. The molecule has 3 rings (SSSR count). The van der Waals surface area contributed by atoms with Crippen molar-refractivity contribution in [2.45, 2.75) is 13.5 Å². The highest BCUT2D eigenvalue weighted by molar-refractivity contribution is 7.17. The van der Waals surface area contributed by atoms with Gasteiger partial charge in [0, 0.05) is 12.7 Å². The van der Waals surface area contributed by atoms with E-state index in [-0.39, 0.29) is 5.91 Å². The lowest BCUT2D eigenvalue weighted by Crippen LogP contribution is -2.16. The van der Waals surface area contributed by atoms with Crippen LogP contribution >= 0.6 is 11.3 Å². The van der Waals surface area contributed by atoms with Gasteiger partial charge in [0.15, 0.2) is 0 Å². The molecule has 0 spiro atoms. The van der Waals surface area contributed by atoms with Crippen molar-refractivity contribution in [1.29, 1.82) is 0 Å². The fraction of sp³-hybridized carbons (Fsp3) is 0.143. The van der Waals surface area contributed by atoms with Gasteiger partial charge in [-0.1, -0.05) is 0 Å². The Bertz CT molecular complexity index is 715. The van der Waals surface area contributed by atoms with Crippen LogP contribution in [0, 0.1) is 0 Å². The number of nitrogens with one attached hydrogen (secondary N) is 1. The van der Waals surface area contributed by atoms with Crippen molar-refractivity contribution in [2.24, 2.45) is 0 Å². The summed E-state index contributed by atoms with van der Waals surface area (Å²) in [6.07, 6.45) is 3.32. The Kier molecular flexibility index (Phi) is 3.05. The number of rotatable bonds is 3. The predicted molar refractivity (Wildman–Crippen MR) is 77.7 cm³/mol. The molecule has 3 heterocycles. The molecule has 3 aromatic rings. The van der Waals surface area contributed by atoms with Gasteiger partial charge in [-0.2, -0.15) is 0 Å². The SMILES string of the molecule is CCn1c(C(=O)Nc2cccnc2)cc2sccc21. The van der Waals surface area contributed by atoms with Crippen molar-refractivity contribution in [3.05, 3.63) is 47.7 Å². The van der Waals surface area contributed by atoms with E-state index in [1.807, 2.05) is 35.1 Å². The van der Waals surface area contributed by atoms with E-state index in [9.17, 15) is 4.79 Å². The molecule has 0 aliphatic rings. The summed E-state index contributed by atoms with van der Waals surface area (Å²) in [5.74, 6) is -0.0988. The van der Waals surface area contributed by atoms with E-state index < -0.39 is 0 Å². The summed E-state index contributed by atoms with van der Waals surface area (Å²) in [6.45, 7) is 2.81. The molecule has 0 bridgehead atoms. The third-order valence-electron chi connectivity index (χ3n) is 2.99. The molecular weight excluding hydrogens is 258 g/mol. The normalized spacial score (nSPS) is 10.8. The average Bonchev–Trinajstić information content (AvgIpc) is 2.99. The van der Waals surface area contributed by atoms with E-state index in [2.05, 4.69) is 10.3 Å². The first-order valence-corrected chi connectivity index (χ1v) is 6.95. The maximum absolute atomic E-state index is 12.3. The van der Waals surface area contributed by atoms with Gasteiger partial charge >= 0.3 is 0 Å². The Morgan fingerprint density at radius 2 is 2.37 bits per heavy atom. The number of aromatic nitrogens is 2. The van der Waals surface area contributed by atoms with E-state index in [0.29, 0.717) is 11.4 Å². The number of carbonyl (C=O) groups excluding carboxylic acids is 1. The molecule has 5 heteroatoms. The van der Waals surface area contributed by atoms with E-state index in [4.69, 9.17) is 0 Å². The molecule has 96 valence electrons. The molecule has 0 unspecified atom stereocenters. The van der Waals surface area contributed by atoms with E-state index in [0.717, 1.165) is 16.8 Å². The Morgan fingerprint density at radius 3 is 3.11 bits per heavy atom. The van der Waals surface area contributed by atoms with Crippen LogP contribution in [0.4, 0.5) is 5.69 Å². The lowest BCUT2D eigenvalue weighted by Gasteiger charge is -2.08. The highest BCUT2D eigenvalue weighted by atomic mass is 32.1. The number of thiophene rings is 1. The van der Waals surface area contributed by atoms with E-state index >= 15 is 0 Å². The van der Waals surface area contributed by atoms with Gasteiger partial charge in [0.05, 0.1) is 22.1 Å². The highest BCUT2D eigenvalue weighted by Gasteiger charge is 2.15. The molecule has 0 aliphatic heterocycles. The minimum atomic E-state index is -0.0988. The van der Waals surface area contributed by atoms with Gasteiger partial charge in [0.25, 0.3) is 5.91 Å². The van der Waals surface area contributed by atoms with E-state index in [1.54, 1.807) is 29.8 Å². The Hall–Kier alpha value is -2.14. The van der Waals surface area contributed by atoms with Crippen LogP contribution in [0.15, 0.2) is 42.0 Å². The zero-order valence-electron chi connectivity index (χ0n) is 10.5. The van der Waals surface area contributed by atoms with Crippen LogP contribution in [0.1, 0.15) is 17.4 Å². The lowest BCUT2D eigenvalue weighted by atomic mass is 10.3. The highest BCUT2D eigenvalue weighted by Crippen LogP contribution is 2.25. The van der Waals surface area contributed by atoms with Crippen LogP contribution < -0.4 is 5.32 Å². The average molecular weight is 271 g/mol. The number of carbonyl (C=O) groups is 1. The van der Waals surface area contributed by atoms with Crippen LogP contribution in [-0.4, -0.2) is 15.5 Å². The van der Waals surface area contributed by atoms with Gasteiger partial charge in [-0.3, -0.25) is 9.78 Å². The molecule has 0 saturated heterocycles. The van der Waals surface area contributed by atoms with Crippen molar-refractivity contribution < 1.29 is 4.79 Å². The summed E-state index contributed by atoms with van der Waals surface area (Å²) < 4.78 is 3.16. The maximum atomic E-state index is 12.3. The van der Waals surface area contributed by atoms with Crippen LogP contribution in [0.3, 0.4) is 0 Å². The minimum Gasteiger partial charge on any atom is -0.336 e. The van der Waals surface area contributed by atoms with Gasteiger partial charge in [-0.25, -0.2) is 0 Å². The van der Waals surface area contributed by atoms with Gasteiger partial charge in [0.1, 0.15) is 5.69 Å². The van der Waals surface area contributed by atoms with Crippen molar-refractivity contribution in [3.8, 4) is 0 Å². The second kappa shape index (κ2) is 4.85. The molecule has 0 fully saturated rings. The van der Waals surface area contributed by atoms with Crippen LogP contribution in [0.25, 0.3) is 10.2 Å². The Labute approximate surface area is 114 Å². The molecule has 19 heavy (non-hydrogen) atoms. The molecule has 1 amide bonds. The number of anilines is 1. The molecule has 1 N–H and O–H groups in total. The first-order valence-electron chi connectivity index (χ1n) is 6.07. The summed E-state index contributed by atoms with van der Waals surface area (Å²) in [5.41, 5.74) is 2.51. The summed E-state index contributed by atoms with van der Waals surface area (Å²) in [4.78, 5) is 16.3. The smallest absolute Gasteiger partial charge is 0.272 e. The molecule has 0 aliphatic carbocycles. The third kappa shape index (κ3) is 2.13. The van der Waals surface area contributed by atoms with Crippen molar-refractivity contribution in [1.82, 2.24) is 9.55 Å². The van der Waals surface area contributed by atoms with Crippen molar-refractivity contribution >= 4 is 33.1 Å². The van der Waals surface area contributed by atoms with Crippen molar-refractivity contribution in [2.75, 3.05) is 5.32 Å². The Balaban J connectivity index is 1.95. The number of pyridine rings is 1. The number of amides is 1. The lowest BCUT2D eigenvalue weighted by molar-refractivity contribution is 0.101. The largest absolute Gasteiger partial charge is 0.336 e. The topological polar surface area (TPSA) is 46.9 Å². The first kappa shape index (κ1) is 11.9. The number of hydrogen-bond acceptors (Lipinski definition) is 3. The van der Waals surface area contributed by atoms with Crippen LogP contribution in [0.5, 0.6) is 0 Å². The predicted octanol–water partition coefficient (Wildman–Crippen LogP) is 3.37. The molecule has 0 saturated carbocycles. The molecular formula is C14H13N3OS. The Morgan fingerprint density at radius 1 is 1.47 bits per heavy atom. The van der Waals surface area contributed by atoms with Gasteiger partial charge < -0.3 is 9.88 Å². The second-order valence-corrected chi connectivity index (χ2v) is 5.09. The molecule has 0 atom stereocenters. The summed E-state index contributed by atoms with van der Waals surface area (Å²) in [6, 6.07) is 7.61. The molecule has 0 aromatic carbocycles. The fourth-order valence-electron chi connectivity index (χ4n) is 2.14. The third-order valence-corrected chi connectivity index (χ3v) is 3.84. The number of hydrogen-bond donors (Lipinski definition) is 1. The van der Waals surface area contributed by atoms with Gasteiger partial charge in [-0.05, 0) is 36.6 Å². The van der Waals surface area contributed by atoms with E-state index in [1.165, 1.54) is 0 Å². The number of fused-ring (bicyclic) bond motifs is 1.